The van der Waals surface area contributed by atoms with Crippen LogP contribution in [0.1, 0.15) is 16.8 Å². The Bertz CT molecular complexity index is 463. The van der Waals surface area contributed by atoms with Gasteiger partial charge in [0.05, 0.1) is 5.38 Å². The van der Waals surface area contributed by atoms with E-state index in [2.05, 4.69) is 0 Å². The van der Waals surface area contributed by atoms with Crippen molar-refractivity contribution in [3.63, 3.8) is 0 Å². The Labute approximate surface area is 104 Å². The minimum atomic E-state index is 0.00597. The Balaban J connectivity index is 1.82. The number of carbonyl (C=O) groups excluding carboxylic acids is 1. The molecule has 1 aromatic rings. The summed E-state index contributed by atoms with van der Waals surface area (Å²) in [5, 5.41) is 0.0768. The summed E-state index contributed by atoms with van der Waals surface area (Å²) in [4.78, 5) is 13.9. The second-order valence-corrected chi connectivity index (χ2v) is 4.82. The van der Waals surface area contributed by atoms with Gasteiger partial charge in [-0.15, -0.1) is 11.6 Å². The average molecular weight is 254 g/mol. The van der Waals surface area contributed by atoms with Crippen LogP contribution in [0.3, 0.4) is 0 Å². The minimum absolute atomic E-state index is 0.00597. The van der Waals surface area contributed by atoms with Crippen molar-refractivity contribution in [2.45, 2.75) is 11.8 Å². The van der Waals surface area contributed by atoms with Crippen molar-refractivity contribution in [1.29, 1.82) is 0 Å². The molecule has 5 heteroatoms. The summed E-state index contributed by atoms with van der Waals surface area (Å²) in [6.45, 7) is 1.57. The summed E-state index contributed by atoms with van der Waals surface area (Å²) in [6, 6.07) is 5.26. The molecular formula is C12H12ClNO3. The molecule has 0 aliphatic carbocycles. The highest BCUT2D eigenvalue weighted by Gasteiger charge is 2.26. The second-order valence-electron chi connectivity index (χ2n) is 4.21. The van der Waals surface area contributed by atoms with Gasteiger partial charge in [-0.2, -0.15) is 0 Å². The number of hydrogen-bond donors (Lipinski definition) is 0. The van der Waals surface area contributed by atoms with Crippen LogP contribution in [0.5, 0.6) is 11.5 Å². The van der Waals surface area contributed by atoms with Gasteiger partial charge < -0.3 is 14.4 Å². The van der Waals surface area contributed by atoms with Crippen molar-refractivity contribution >= 4 is 17.5 Å². The summed E-state index contributed by atoms with van der Waals surface area (Å²) in [6.07, 6.45) is 0.859. The number of amides is 1. The van der Waals surface area contributed by atoms with Gasteiger partial charge in [-0.1, -0.05) is 0 Å². The fourth-order valence-electron chi connectivity index (χ4n) is 2.11. The van der Waals surface area contributed by atoms with Gasteiger partial charge in [0.2, 0.25) is 6.79 Å². The minimum Gasteiger partial charge on any atom is -0.454 e. The van der Waals surface area contributed by atoms with Gasteiger partial charge in [0.15, 0.2) is 11.5 Å². The molecule has 0 N–H and O–H groups in total. The quantitative estimate of drug-likeness (QED) is 0.718. The van der Waals surface area contributed by atoms with E-state index in [1.54, 1.807) is 23.1 Å². The van der Waals surface area contributed by atoms with Crippen LogP contribution < -0.4 is 9.47 Å². The van der Waals surface area contributed by atoms with Crippen molar-refractivity contribution in [3.05, 3.63) is 23.8 Å². The molecule has 0 radical (unpaired) electrons. The van der Waals surface area contributed by atoms with Crippen molar-refractivity contribution in [1.82, 2.24) is 4.90 Å². The van der Waals surface area contributed by atoms with Gasteiger partial charge in [0.25, 0.3) is 5.91 Å². The van der Waals surface area contributed by atoms with Gasteiger partial charge in [-0.25, -0.2) is 0 Å². The van der Waals surface area contributed by atoms with Gasteiger partial charge in [-0.05, 0) is 24.6 Å². The lowest BCUT2D eigenvalue weighted by Crippen LogP contribution is -2.28. The molecule has 1 unspecified atom stereocenters. The fourth-order valence-corrected chi connectivity index (χ4v) is 2.38. The molecule has 0 bridgehead atoms. The van der Waals surface area contributed by atoms with Crippen molar-refractivity contribution in [2.75, 3.05) is 19.9 Å². The topological polar surface area (TPSA) is 38.8 Å². The Morgan fingerprint density at radius 3 is 2.94 bits per heavy atom. The van der Waals surface area contributed by atoms with E-state index in [1.807, 2.05) is 0 Å². The predicted octanol–water partition coefficient (Wildman–Crippen LogP) is 1.87. The van der Waals surface area contributed by atoms with E-state index in [0.29, 0.717) is 23.6 Å². The smallest absolute Gasteiger partial charge is 0.254 e. The zero-order valence-electron chi connectivity index (χ0n) is 9.19. The van der Waals surface area contributed by atoms with Crippen LogP contribution in [0, 0.1) is 0 Å². The zero-order chi connectivity index (χ0) is 11.8. The van der Waals surface area contributed by atoms with E-state index < -0.39 is 0 Å². The Hall–Kier alpha value is -1.42. The van der Waals surface area contributed by atoms with Crippen molar-refractivity contribution < 1.29 is 14.3 Å². The molecular weight excluding hydrogens is 242 g/mol. The van der Waals surface area contributed by atoms with Crippen LogP contribution >= 0.6 is 11.6 Å². The molecule has 2 heterocycles. The monoisotopic (exact) mass is 253 g/mol. The van der Waals surface area contributed by atoms with Gasteiger partial charge >= 0.3 is 0 Å². The van der Waals surface area contributed by atoms with Crippen molar-refractivity contribution in [3.8, 4) is 11.5 Å². The first-order chi connectivity index (χ1) is 8.24. The molecule has 4 nitrogen and oxygen atoms in total. The lowest BCUT2D eigenvalue weighted by molar-refractivity contribution is 0.0792. The molecule has 1 fully saturated rings. The summed E-state index contributed by atoms with van der Waals surface area (Å²) < 4.78 is 10.5. The number of nitrogens with zero attached hydrogens (tertiary/aromatic N) is 1. The normalized spacial score (nSPS) is 21.9. The number of hydrogen-bond acceptors (Lipinski definition) is 3. The molecule has 90 valence electrons. The molecule has 2 aliphatic heterocycles. The fraction of sp³-hybridized carbons (Fsp3) is 0.417. The van der Waals surface area contributed by atoms with E-state index in [9.17, 15) is 4.79 Å². The first kappa shape index (κ1) is 10.7. The number of carbonyl (C=O) groups is 1. The highest BCUT2D eigenvalue weighted by atomic mass is 35.5. The maximum atomic E-state index is 12.2. The third-order valence-electron chi connectivity index (χ3n) is 3.04. The number of rotatable bonds is 1. The molecule has 1 amide bonds. The maximum Gasteiger partial charge on any atom is 0.254 e. The Morgan fingerprint density at radius 2 is 2.18 bits per heavy atom. The van der Waals surface area contributed by atoms with Crippen LogP contribution in [0.25, 0.3) is 0 Å². The Morgan fingerprint density at radius 1 is 1.35 bits per heavy atom. The lowest BCUT2D eigenvalue weighted by atomic mass is 10.2. The standard InChI is InChI=1S/C12H12ClNO3/c13-9-3-4-14(6-9)12(15)8-1-2-10-11(5-8)17-7-16-10/h1-2,5,9H,3-4,6-7H2. The average Bonchev–Trinajstić information content (AvgIpc) is 2.95. The van der Waals surface area contributed by atoms with Crippen LogP contribution in [-0.2, 0) is 0 Å². The number of likely N-dealkylation sites (tertiary alicyclic amines) is 1. The molecule has 1 saturated heterocycles. The summed E-state index contributed by atoms with van der Waals surface area (Å²) in [5.41, 5.74) is 0.625. The van der Waals surface area contributed by atoms with E-state index in [0.717, 1.165) is 13.0 Å². The summed E-state index contributed by atoms with van der Waals surface area (Å²) >= 11 is 5.99. The van der Waals surface area contributed by atoms with Crippen LogP contribution in [0.2, 0.25) is 0 Å². The third kappa shape index (κ3) is 1.93. The predicted molar refractivity (Wildman–Crippen MR) is 62.7 cm³/mol. The SMILES string of the molecule is O=C(c1ccc2c(c1)OCO2)N1CCC(Cl)C1. The molecule has 0 aromatic heterocycles. The summed E-state index contributed by atoms with van der Waals surface area (Å²) in [5.74, 6) is 1.34. The number of alkyl halides is 1. The van der Waals surface area contributed by atoms with Gasteiger partial charge in [0, 0.05) is 18.7 Å². The lowest BCUT2D eigenvalue weighted by Gasteiger charge is -2.15. The highest BCUT2D eigenvalue weighted by molar-refractivity contribution is 6.21. The number of ether oxygens (including phenoxy) is 2. The van der Waals surface area contributed by atoms with E-state index in [4.69, 9.17) is 21.1 Å². The third-order valence-corrected chi connectivity index (χ3v) is 3.39. The molecule has 2 aliphatic rings. The van der Waals surface area contributed by atoms with Crippen LogP contribution in [0.15, 0.2) is 18.2 Å². The maximum absolute atomic E-state index is 12.2. The molecule has 17 heavy (non-hydrogen) atoms. The molecule has 0 saturated carbocycles. The second kappa shape index (κ2) is 4.11. The molecule has 1 atom stereocenters. The number of halogens is 1. The number of benzene rings is 1. The largest absolute Gasteiger partial charge is 0.454 e. The van der Waals surface area contributed by atoms with E-state index >= 15 is 0 Å². The van der Waals surface area contributed by atoms with E-state index in [-0.39, 0.29) is 18.1 Å². The molecule has 1 aromatic carbocycles. The number of fused-ring (bicyclic) bond motifs is 1. The first-order valence-corrected chi connectivity index (χ1v) is 6.00. The van der Waals surface area contributed by atoms with Crippen LogP contribution in [-0.4, -0.2) is 36.1 Å². The van der Waals surface area contributed by atoms with Gasteiger partial charge in [0.1, 0.15) is 0 Å². The molecule has 0 spiro atoms. The molecule has 3 rings (SSSR count). The van der Waals surface area contributed by atoms with Crippen molar-refractivity contribution in [2.24, 2.45) is 0 Å². The van der Waals surface area contributed by atoms with Gasteiger partial charge in [-0.3, -0.25) is 4.79 Å². The Kier molecular flexibility index (Phi) is 2.59. The van der Waals surface area contributed by atoms with Crippen LogP contribution in [0.4, 0.5) is 0 Å². The van der Waals surface area contributed by atoms with E-state index in [1.165, 1.54) is 0 Å². The zero-order valence-corrected chi connectivity index (χ0v) is 9.94. The summed E-state index contributed by atoms with van der Waals surface area (Å²) in [7, 11) is 0. The highest BCUT2D eigenvalue weighted by Crippen LogP contribution is 2.33. The first-order valence-electron chi connectivity index (χ1n) is 5.57.